The number of hydrogen-bond acceptors (Lipinski definition) is 4. The first-order chi connectivity index (χ1) is 14.9. The summed E-state index contributed by atoms with van der Waals surface area (Å²) in [4.78, 5) is 7.34. The fourth-order valence-corrected chi connectivity index (χ4v) is 4.17. The Labute approximate surface area is 176 Å². The standard InChI is InChI=1S/C25H27N3O2/c1-2-7-21-18-22(11-10-20(21)6-1)30-19-25-26-23-8-3-4-9-24(23)28(25)13-5-12-27-14-16-29-17-15-27/h1-4,6-11,18H,5,12-17,19H2. The van der Waals surface area contributed by atoms with Crippen LogP contribution in [0.4, 0.5) is 0 Å². The van der Waals surface area contributed by atoms with Crippen LogP contribution >= 0.6 is 0 Å². The number of hydrogen-bond donors (Lipinski definition) is 0. The van der Waals surface area contributed by atoms with E-state index in [0.29, 0.717) is 6.61 Å². The number of rotatable bonds is 7. The van der Waals surface area contributed by atoms with Crippen molar-refractivity contribution in [3.05, 3.63) is 72.6 Å². The van der Waals surface area contributed by atoms with Crippen molar-refractivity contribution in [2.45, 2.75) is 19.6 Å². The van der Waals surface area contributed by atoms with Crippen LogP contribution in [0.1, 0.15) is 12.2 Å². The molecule has 2 heterocycles. The van der Waals surface area contributed by atoms with Crippen molar-refractivity contribution in [2.24, 2.45) is 0 Å². The number of para-hydroxylation sites is 2. The molecule has 1 aliphatic heterocycles. The topological polar surface area (TPSA) is 39.5 Å². The Morgan fingerprint density at radius 2 is 1.67 bits per heavy atom. The van der Waals surface area contributed by atoms with Crippen molar-refractivity contribution in [1.29, 1.82) is 0 Å². The lowest BCUT2D eigenvalue weighted by atomic mass is 10.1. The van der Waals surface area contributed by atoms with Gasteiger partial charge in [-0.1, -0.05) is 42.5 Å². The highest BCUT2D eigenvalue weighted by molar-refractivity contribution is 5.83. The van der Waals surface area contributed by atoms with Crippen LogP contribution in [0.3, 0.4) is 0 Å². The Hall–Kier alpha value is -2.89. The average molecular weight is 402 g/mol. The second-order valence-corrected chi connectivity index (χ2v) is 7.77. The Bertz CT molecular complexity index is 1130. The lowest BCUT2D eigenvalue weighted by Gasteiger charge is -2.26. The van der Waals surface area contributed by atoms with Crippen molar-refractivity contribution >= 4 is 21.8 Å². The zero-order valence-corrected chi connectivity index (χ0v) is 17.2. The van der Waals surface area contributed by atoms with Crippen LogP contribution in [-0.4, -0.2) is 47.3 Å². The molecule has 0 spiro atoms. The van der Waals surface area contributed by atoms with Crippen molar-refractivity contribution in [3.8, 4) is 5.75 Å². The lowest BCUT2D eigenvalue weighted by Crippen LogP contribution is -2.37. The largest absolute Gasteiger partial charge is 0.486 e. The number of ether oxygens (including phenoxy) is 2. The van der Waals surface area contributed by atoms with Gasteiger partial charge in [0.15, 0.2) is 0 Å². The molecule has 0 bridgehead atoms. The molecule has 154 valence electrons. The van der Waals surface area contributed by atoms with Crippen LogP contribution in [0.5, 0.6) is 5.75 Å². The van der Waals surface area contributed by atoms with Gasteiger partial charge in [0.1, 0.15) is 18.2 Å². The van der Waals surface area contributed by atoms with Gasteiger partial charge in [0.25, 0.3) is 0 Å². The summed E-state index contributed by atoms with van der Waals surface area (Å²) in [5.74, 6) is 1.85. The highest BCUT2D eigenvalue weighted by Crippen LogP contribution is 2.23. The number of benzene rings is 3. The van der Waals surface area contributed by atoms with E-state index in [1.54, 1.807) is 0 Å². The van der Waals surface area contributed by atoms with E-state index in [2.05, 4.69) is 64.1 Å². The fraction of sp³-hybridized carbons (Fsp3) is 0.320. The van der Waals surface area contributed by atoms with Gasteiger partial charge in [-0.15, -0.1) is 0 Å². The van der Waals surface area contributed by atoms with Gasteiger partial charge in [0.2, 0.25) is 0 Å². The summed E-state index contributed by atoms with van der Waals surface area (Å²) in [5, 5.41) is 2.41. The molecule has 1 aliphatic rings. The maximum Gasteiger partial charge on any atom is 0.147 e. The molecule has 30 heavy (non-hydrogen) atoms. The zero-order chi connectivity index (χ0) is 20.2. The van der Waals surface area contributed by atoms with E-state index in [-0.39, 0.29) is 0 Å². The van der Waals surface area contributed by atoms with Gasteiger partial charge in [-0.2, -0.15) is 0 Å². The highest BCUT2D eigenvalue weighted by atomic mass is 16.5. The second kappa shape index (κ2) is 8.86. The number of imidazole rings is 1. The molecule has 5 rings (SSSR count). The van der Waals surface area contributed by atoms with Crippen LogP contribution in [0.2, 0.25) is 0 Å². The average Bonchev–Trinajstić information content (AvgIpc) is 3.16. The van der Waals surface area contributed by atoms with Gasteiger partial charge < -0.3 is 14.0 Å². The van der Waals surface area contributed by atoms with E-state index < -0.39 is 0 Å². The lowest BCUT2D eigenvalue weighted by molar-refractivity contribution is 0.0369. The van der Waals surface area contributed by atoms with E-state index in [1.807, 2.05) is 12.1 Å². The molecular formula is C25H27N3O2. The van der Waals surface area contributed by atoms with Crippen molar-refractivity contribution in [1.82, 2.24) is 14.5 Å². The molecular weight excluding hydrogens is 374 g/mol. The number of fused-ring (bicyclic) bond motifs is 2. The van der Waals surface area contributed by atoms with Crippen molar-refractivity contribution < 1.29 is 9.47 Å². The highest BCUT2D eigenvalue weighted by Gasteiger charge is 2.13. The number of aryl methyl sites for hydroxylation is 1. The van der Waals surface area contributed by atoms with Crippen molar-refractivity contribution in [2.75, 3.05) is 32.8 Å². The molecule has 4 aromatic rings. The van der Waals surface area contributed by atoms with Gasteiger partial charge in [0.05, 0.1) is 24.2 Å². The minimum Gasteiger partial charge on any atom is -0.486 e. The van der Waals surface area contributed by atoms with Crippen LogP contribution < -0.4 is 4.74 Å². The minimum atomic E-state index is 0.463. The van der Waals surface area contributed by atoms with Gasteiger partial charge in [-0.05, 0) is 41.5 Å². The summed E-state index contributed by atoms with van der Waals surface area (Å²) in [5.41, 5.74) is 2.21. The Morgan fingerprint density at radius 1 is 0.867 bits per heavy atom. The smallest absolute Gasteiger partial charge is 0.147 e. The van der Waals surface area contributed by atoms with Gasteiger partial charge in [0, 0.05) is 26.2 Å². The molecule has 0 aliphatic carbocycles. The molecule has 5 heteroatoms. The van der Waals surface area contributed by atoms with Gasteiger partial charge >= 0.3 is 0 Å². The van der Waals surface area contributed by atoms with Crippen LogP contribution in [-0.2, 0) is 17.9 Å². The third-order valence-corrected chi connectivity index (χ3v) is 5.78. The van der Waals surface area contributed by atoms with Crippen LogP contribution in [0.25, 0.3) is 21.8 Å². The molecule has 3 aromatic carbocycles. The Balaban J connectivity index is 1.31. The molecule has 5 nitrogen and oxygen atoms in total. The molecule has 1 aromatic heterocycles. The van der Waals surface area contributed by atoms with E-state index in [9.17, 15) is 0 Å². The quantitative estimate of drug-likeness (QED) is 0.457. The summed E-state index contributed by atoms with van der Waals surface area (Å²) in [6.45, 7) is 6.24. The maximum absolute atomic E-state index is 6.16. The summed E-state index contributed by atoms with van der Waals surface area (Å²) in [6, 6.07) is 22.9. The number of aromatic nitrogens is 2. The number of nitrogens with zero attached hydrogens (tertiary/aromatic N) is 3. The normalized spacial score (nSPS) is 15.1. The third-order valence-electron chi connectivity index (χ3n) is 5.78. The first kappa shape index (κ1) is 19.1. The summed E-state index contributed by atoms with van der Waals surface area (Å²) in [6.07, 6.45) is 1.09. The molecule has 0 N–H and O–H groups in total. The predicted molar refractivity (Wildman–Crippen MR) is 120 cm³/mol. The molecule has 0 radical (unpaired) electrons. The fourth-order valence-electron chi connectivity index (χ4n) is 4.17. The third kappa shape index (κ3) is 4.18. The van der Waals surface area contributed by atoms with Crippen molar-refractivity contribution in [3.63, 3.8) is 0 Å². The first-order valence-corrected chi connectivity index (χ1v) is 10.7. The van der Waals surface area contributed by atoms with E-state index in [1.165, 1.54) is 16.3 Å². The number of morpholine rings is 1. The predicted octanol–water partition coefficient (Wildman–Crippen LogP) is 4.49. The monoisotopic (exact) mass is 401 g/mol. The Kier molecular flexibility index (Phi) is 5.64. The van der Waals surface area contributed by atoms with Crippen LogP contribution in [0.15, 0.2) is 66.7 Å². The molecule has 0 amide bonds. The van der Waals surface area contributed by atoms with E-state index in [0.717, 1.165) is 62.9 Å². The summed E-state index contributed by atoms with van der Waals surface area (Å²) >= 11 is 0. The minimum absolute atomic E-state index is 0.463. The summed E-state index contributed by atoms with van der Waals surface area (Å²) < 4.78 is 13.9. The SMILES string of the molecule is c1ccc2cc(OCc3nc4ccccc4n3CCCN3CCOCC3)ccc2c1. The molecule has 0 unspecified atom stereocenters. The second-order valence-electron chi connectivity index (χ2n) is 7.77. The zero-order valence-electron chi connectivity index (χ0n) is 17.2. The molecule has 1 saturated heterocycles. The van der Waals surface area contributed by atoms with Crippen LogP contribution in [0, 0.1) is 0 Å². The maximum atomic E-state index is 6.16. The molecule has 0 atom stereocenters. The van der Waals surface area contributed by atoms with E-state index in [4.69, 9.17) is 14.5 Å². The summed E-state index contributed by atoms with van der Waals surface area (Å²) in [7, 11) is 0. The molecule has 0 saturated carbocycles. The van der Waals surface area contributed by atoms with Gasteiger partial charge in [-0.25, -0.2) is 4.98 Å². The molecule has 1 fully saturated rings. The van der Waals surface area contributed by atoms with E-state index >= 15 is 0 Å². The van der Waals surface area contributed by atoms with Gasteiger partial charge in [-0.3, -0.25) is 4.90 Å². The Morgan fingerprint density at radius 3 is 2.57 bits per heavy atom. The first-order valence-electron chi connectivity index (χ1n) is 10.7.